The van der Waals surface area contributed by atoms with Crippen molar-refractivity contribution in [1.82, 2.24) is 9.80 Å². The summed E-state index contributed by atoms with van der Waals surface area (Å²) < 4.78 is 40.8. The highest BCUT2D eigenvalue weighted by atomic mass is 19.4. The van der Waals surface area contributed by atoms with E-state index in [4.69, 9.17) is 0 Å². The Balaban J connectivity index is 1.33. The Bertz CT molecular complexity index is 957. The molecule has 32 heavy (non-hydrogen) atoms. The monoisotopic (exact) mass is 450 g/mol. The molecule has 0 spiro atoms. The highest BCUT2D eigenvalue weighted by Crippen LogP contribution is 2.34. The highest BCUT2D eigenvalue weighted by molar-refractivity contribution is 5.72. The third-order valence-corrected chi connectivity index (χ3v) is 6.17. The molecule has 6 nitrogen and oxygen atoms in total. The van der Waals surface area contributed by atoms with Crippen molar-refractivity contribution in [3.05, 3.63) is 64.7 Å². The Labute approximate surface area is 183 Å². The fraction of sp³-hybridized carbons (Fsp3) is 0.435. The Kier molecular flexibility index (Phi) is 6.41. The lowest BCUT2D eigenvalue weighted by molar-refractivity contribution is -0.274. The molecule has 2 aromatic rings. The maximum atomic E-state index is 12.3. The number of ether oxygens (including phenoxy) is 1. The molecule has 2 atom stereocenters. The molecule has 0 bridgehead atoms. The minimum Gasteiger partial charge on any atom is -0.481 e. The fourth-order valence-electron chi connectivity index (χ4n) is 4.51. The van der Waals surface area contributed by atoms with Gasteiger partial charge in [-0.05, 0) is 47.2 Å². The van der Waals surface area contributed by atoms with Gasteiger partial charge in [0.1, 0.15) is 12.0 Å². The number of aliphatic hydroxyl groups is 1. The van der Waals surface area contributed by atoms with E-state index in [1.54, 1.807) is 12.1 Å². The molecule has 1 aliphatic carbocycles. The van der Waals surface area contributed by atoms with Crippen LogP contribution in [-0.4, -0.2) is 58.5 Å². The van der Waals surface area contributed by atoms with Crippen LogP contribution < -0.4 is 4.74 Å². The van der Waals surface area contributed by atoms with Crippen molar-refractivity contribution in [2.75, 3.05) is 26.2 Å². The van der Waals surface area contributed by atoms with Crippen LogP contribution in [0.1, 0.15) is 28.5 Å². The van der Waals surface area contributed by atoms with Crippen LogP contribution in [-0.2, 0) is 24.2 Å². The summed E-state index contributed by atoms with van der Waals surface area (Å²) in [5, 5.41) is 20.3. The van der Waals surface area contributed by atoms with Crippen LogP contribution in [0.25, 0.3) is 0 Å². The predicted molar refractivity (Wildman–Crippen MR) is 110 cm³/mol. The molecule has 172 valence electrons. The van der Waals surface area contributed by atoms with Crippen molar-refractivity contribution in [1.29, 1.82) is 0 Å². The molecule has 2 N–H and O–H groups in total. The van der Waals surface area contributed by atoms with E-state index in [1.165, 1.54) is 12.1 Å². The average molecular weight is 450 g/mol. The number of halogens is 3. The van der Waals surface area contributed by atoms with Crippen molar-refractivity contribution in [3.63, 3.8) is 0 Å². The van der Waals surface area contributed by atoms with E-state index in [1.807, 2.05) is 23.1 Å². The van der Waals surface area contributed by atoms with E-state index < -0.39 is 24.5 Å². The van der Waals surface area contributed by atoms with Gasteiger partial charge in [0.15, 0.2) is 0 Å². The Hall–Kier alpha value is -2.62. The van der Waals surface area contributed by atoms with E-state index in [-0.39, 0.29) is 5.75 Å². The van der Waals surface area contributed by atoms with Crippen LogP contribution in [0.2, 0.25) is 0 Å². The summed E-state index contributed by atoms with van der Waals surface area (Å²) in [6, 6.07) is 11.5. The molecule has 1 aliphatic heterocycles. The van der Waals surface area contributed by atoms with E-state index in [0.29, 0.717) is 45.6 Å². The molecule has 0 radical (unpaired) electrons. The zero-order valence-electron chi connectivity index (χ0n) is 17.4. The first kappa shape index (κ1) is 22.6. The van der Waals surface area contributed by atoms with Gasteiger partial charge in [0.2, 0.25) is 0 Å². The number of fused-ring (bicyclic) bond motifs is 1. The number of rotatable bonds is 6. The van der Waals surface area contributed by atoms with Crippen LogP contribution in [0.15, 0.2) is 42.5 Å². The molecule has 0 saturated carbocycles. The smallest absolute Gasteiger partial charge is 0.481 e. The number of hydrogen-bond donors (Lipinski definition) is 2. The topological polar surface area (TPSA) is 73.2 Å². The second kappa shape index (κ2) is 9.09. The first-order valence-electron chi connectivity index (χ1n) is 10.5. The second-order valence-corrected chi connectivity index (χ2v) is 8.31. The van der Waals surface area contributed by atoms with Gasteiger partial charge in [-0.15, -0.1) is 13.2 Å². The summed E-state index contributed by atoms with van der Waals surface area (Å²) in [6.45, 7) is 3.25. The van der Waals surface area contributed by atoms with Gasteiger partial charge < -0.3 is 14.9 Å². The minimum absolute atomic E-state index is 0.241. The van der Waals surface area contributed by atoms with Gasteiger partial charge >= 0.3 is 12.3 Å². The SMILES string of the molecule is O=C(O)C1Cc2cccc(C(O)N3CCN(Cc4ccc(OC(F)(F)F)cc4)CC3)c2C1. The second-order valence-electron chi connectivity index (χ2n) is 8.31. The summed E-state index contributed by atoms with van der Waals surface area (Å²) in [7, 11) is 0. The molecule has 1 heterocycles. The molecule has 2 unspecified atom stereocenters. The van der Waals surface area contributed by atoms with Gasteiger partial charge in [-0.1, -0.05) is 30.3 Å². The lowest BCUT2D eigenvalue weighted by Crippen LogP contribution is -2.47. The lowest BCUT2D eigenvalue weighted by atomic mass is 10.0. The summed E-state index contributed by atoms with van der Waals surface area (Å²) in [4.78, 5) is 15.5. The van der Waals surface area contributed by atoms with Crippen molar-refractivity contribution in [3.8, 4) is 5.75 Å². The van der Waals surface area contributed by atoms with Crippen LogP contribution in [0.4, 0.5) is 13.2 Å². The zero-order valence-corrected chi connectivity index (χ0v) is 17.4. The Morgan fingerprint density at radius 1 is 1.06 bits per heavy atom. The maximum Gasteiger partial charge on any atom is 0.573 e. The van der Waals surface area contributed by atoms with Crippen LogP contribution >= 0.6 is 0 Å². The van der Waals surface area contributed by atoms with Crippen LogP contribution in [0, 0.1) is 5.92 Å². The van der Waals surface area contributed by atoms with E-state index in [2.05, 4.69) is 9.64 Å². The number of aliphatic carboxylic acids is 1. The molecule has 1 fully saturated rings. The van der Waals surface area contributed by atoms with Crippen LogP contribution in [0.5, 0.6) is 5.75 Å². The number of nitrogens with zero attached hydrogens (tertiary/aromatic N) is 2. The van der Waals surface area contributed by atoms with Gasteiger partial charge in [-0.2, -0.15) is 0 Å². The van der Waals surface area contributed by atoms with Crippen molar-refractivity contribution in [2.24, 2.45) is 5.92 Å². The molecule has 4 rings (SSSR count). The largest absolute Gasteiger partial charge is 0.573 e. The molecule has 2 aliphatic rings. The number of benzene rings is 2. The summed E-state index contributed by atoms with van der Waals surface area (Å²) in [6.07, 6.45) is -4.57. The van der Waals surface area contributed by atoms with E-state index in [0.717, 1.165) is 22.3 Å². The fourth-order valence-corrected chi connectivity index (χ4v) is 4.51. The summed E-state index contributed by atoms with van der Waals surface area (Å²) >= 11 is 0. The molecule has 2 aromatic carbocycles. The normalized spacial score (nSPS) is 20.7. The van der Waals surface area contributed by atoms with Gasteiger partial charge in [-0.25, -0.2) is 0 Å². The third-order valence-electron chi connectivity index (χ3n) is 6.17. The van der Waals surface area contributed by atoms with E-state index >= 15 is 0 Å². The Morgan fingerprint density at radius 2 is 1.75 bits per heavy atom. The first-order chi connectivity index (χ1) is 15.2. The molecular weight excluding hydrogens is 425 g/mol. The maximum absolute atomic E-state index is 12.3. The molecule has 1 saturated heterocycles. The number of alkyl halides is 3. The standard InChI is InChI=1S/C23H25F3N2O4/c24-23(25,26)32-18-6-4-15(5-7-18)14-27-8-10-28(11-9-27)21(29)19-3-1-2-16-12-17(22(30)31)13-20(16)19/h1-7,17,21,29H,8-14H2,(H,30,31). The lowest BCUT2D eigenvalue weighted by Gasteiger charge is -2.37. The number of piperazine rings is 1. The van der Waals surface area contributed by atoms with Gasteiger partial charge in [0.05, 0.1) is 5.92 Å². The molecular formula is C23H25F3N2O4. The van der Waals surface area contributed by atoms with Gasteiger partial charge in [-0.3, -0.25) is 14.6 Å². The van der Waals surface area contributed by atoms with Crippen molar-refractivity contribution in [2.45, 2.75) is 32.0 Å². The van der Waals surface area contributed by atoms with Gasteiger partial charge in [0.25, 0.3) is 0 Å². The van der Waals surface area contributed by atoms with E-state index in [9.17, 15) is 28.2 Å². The molecule has 9 heteroatoms. The quantitative estimate of drug-likeness (QED) is 0.704. The van der Waals surface area contributed by atoms with Crippen molar-refractivity contribution < 1.29 is 32.9 Å². The highest BCUT2D eigenvalue weighted by Gasteiger charge is 2.33. The Morgan fingerprint density at radius 3 is 2.38 bits per heavy atom. The average Bonchev–Trinajstić information content (AvgIpc) is 3.19. The number of hydrogen-bond acceptors (Lipinski definition) is 5. The third kappa shape index (κ3) is 5.23. The zero-order chi connectivity index (χ0) is 22.9. The predicted octanol–water partition coefficient (Wildman–Crippen LogP) is 3.19. The van der Waals surface area contributed by atoms with Gasteiger partial charge in [0, 0.05) is 32.7 Å². The number of carboxylic acid groups (broad SMARTS) is 1. The number of carboxylic acids is 1. The molecule has 0 aromatic heterocycles. The number of aliphatic hydroxyl groups excluding tert-OH is 1. The first-order valence-corrected chi connectivity index (χ1v) is 10.5. The van der Waals surface area contributed by atoms with Crippen molar-refractivity contribution >= 4 is 5.97 Å². The minimum atomic E-state index is -4.70. The number of carbonyl (C=O) groups is 1. The summed E-state index contributed by atoms with van der Waals surface area (Å²) in [5.41, 5.74) is 3.59. The summed E-state index contributed by atoms with van der Waals surface area (Å²) in [5.74, 6) is -1.49. The van der Waals surface area contributed by atoms with Crippen LogP contribution in [0.3, 0.4) is 0 Å². The molecule has 0 amide bonds.